The van der Waals surface area contributed by atoms with E-state index < -0.39 is 0 Å². The Bertz CT molecular complexity index is 3970. The zero-order valence-electron chi connectivity index (χ0n) is 34.7. The lowest BCUT2D eigenvalue weighted by molar-refractivity contribution is 1.16. The molecular weight excluding hydrogens is 773 g/mol. The van der Waals surface area contributed by atoms with Gasteiger partial charge in [-0.1, -0.05) is 194 Å². The van der Waals surface area contributed by atoms with Gasteiger partial charge >= 0.3 is 0 Å². The van der Waals surface area contributed by atoms with Crippen molar-refractivity contribution in [2.24, 2.45) is 0 Å². The van der Waals surface area contributed by atoms with Crippen LogP contribution in [-0.4, -0.2) is 9.13 Å². The molecule has 15 aromatic rings. The van der Waals surface area contributed by atoms with Gasteiger partial charge in [0.15, 0.2) is 0 Å². The second-order valence-corrected chi connectivity index (χ2v) is 17.4. The first-order valence-electron chi connectivity index (χ1n) is 22.3. The van der Waals surface area contributed by atoms with Crippen LogP contribution in [0.4, 0.5) is 0 Å². The Balaban J connectivity index is 1.13. The van der Waals surface area contributed by atoms with Crippen LogP contribution >= 0.6 is 0 Å². The highest BCUT2D eigenvalue weighted by molar-refractivity contribution is 6.42. The molecule has 0 aliphatic carbocycles. The van der Waals surface area contributed by atoms with Crippen molar-refractivity contribution in [2.45, 2.75) is 0 Å². The summed E-state index contributed by atoms with van der Waals surface area (Å²) in [4.78, 5) is 0. The van der Waals surface area contributed by atoms with Gasteiger partial charge < -0.3 is 9.13 Å². The van der Waals surface area contributed by atoms with Gasteiger partial charge in [-0.15, -0.1) is 0 Å². The van der Waals surface area contributed by atoms with Gasteiger partial charge in [0.25, 0.3) is 0 Å². The summed E-state index contributed by atoms with van der Waals surface area (Å²) in [5.41, 5.74) is 7.23. The van der Waals surface area contributed by atoms with Crippen molar-refractivity contribution < 1.29 is 0 Å². The molecule has 0 unspecified atom stereocenters. The van der Waals surface area contributed by atoms with Crippen LogP contribution in [0.15, 0.2) is 218 Å². The van der Waals surface area contributed by atoms with Crippen LogP contribution in [0.25, 0.3) is 141 Å². The molecule has 2 heteroatoms. The Hall–Kier alpha value is -8.46. The maximum absolute atomic E-state index is 2.58. The molecule has 2 nitrogen and oxygen atoms in total. The Morgan fingerprint density at radius 3 is 0.516 bits per heavy atom. The molecule has 0 saturated heterocycles. The Morgan fingerprint density at radius 2 is 0.312 bits per heavy atom. The minimum atomic E-state index is 1.14. The second kappa shape index (κ2) is 12.6. The fourth-order valence-electron chi connectivity index (χ4n) is 11.9. The summed E-state index contributed by atoms with van der Waals surface area (Å²) in [5.74, 6) is 0. The van der Waals surface area contributed by atoms with Crippen molar-refractivity contribution in [2.75, 3.05) is 0 Å². The van der Waals surface area contributed by atoms with E-state index in [1.807, 2.05) is 0 Å². The molecular formula is C62H36N2. The molecule has 15 rings (SSSR count). The van der Waals surface area contributed by atoms with E-state index in [-0.39, 0.29) is 0 Å². The van der Waals surface area contributed by atoms with Gasteiger partial charge in [0.05, 0.1) is 22.1 Å². The maximum Gasteiger partial charge on any atom is 0.0626 e. The highest BCUT2D eigenvalue weighted by Gasteiger charge is 2.25. The number of hydrogen-bond donors (Lipinski definition) is 0. The molecule has 0 fully saturated rings. The molecule has 0 amide bonds. The van der Waals surface area contributed by atoms with Crippen molar-refractivity contribution in [3.05, 3.63) is 218 Å². The van der Waals surface area contributed by atoms with Gasteiger partial charge in [0.2, 0.25) is 0 Å². The molecule has 294 valence electrons. The molecule has 0 atom stereocenters. The normalized spacial score (nSPS) is 12.4. The topological polar surface area (TPSA) is 9.86 Å². The fourth-order valence-corrected chi connectivity index (χ4v) is 11.9. The van der Waals surface area contributed by atoms with Gasteiger partial charge in [-0.2, -0.15) is 0 Å². The van der Waals surface area contributed by atoms with Crippen LogP contribution in [0, 0.1) is 0 Å². The number of aromatic nitrogens is 2. The number of fused-ring (bicyclic) bond motifs is 26. The smallest absolute Gasteiger partial charge is 0.0626 e. The zero-order chi connectivity index (χ0) is 41.6. The standard InChI is InChI=1S/C62H36N2/c1-9-25-47-39(17-1)43-21-5-13-29-51(43)59-55(47)56-48-26-10-2-18-40(48)44-22-6-14-30-52(44)60(56)63(59)37-33-35-38(36-34-37)64-61-53-31-15-7-23-45(53)41-19-3-11-27-49(41)57(61)58-50-28-12-4-20-42(50)46-24-8-16-32-54(46)62(58)64/h1-36H. The number of hydrogen-bond acceptors (Lipinski definition) is 0. The van der Waals surface area contributed by atoms with E-state index in [1.54, 1.807) is 0 Å². The van der Waals surface area contributed by atoms with Crippen LogP contribution in [0.3, 0.4) is 0 Å². The van der Waals surface area contributed by atoms with Crippen LogP contribution < -0.4 is 0 Å². The molecule has 2 aromatic heterocycles. The first-order chi connectivity index (χ1) is 31.8. The number of nitrogens with zero attached hydrogens (tertiary/aromatic N) is 2. The summed E-state index contributed by atoms with van der Waals surface area (Å²) < 4.78 is 5.16. The van der Waals surface area contributed by atoms with Gasteiger partial charge in [0, 0.05) is 54.5 Å². The summed E-state index contributed by atoms with van der Waals surface area (Å²) in [6.07, 6.45) is 0. The highest BCUT2D eigenvalue weighted by atomic mass is 15.0. The second-order valence-electron chi connectivity index (χ2n) is 17.4. The van der Waals surface area contributed by atoms with E-state index in [0.29, 0.717) is 0 Å². The van der Waals surface area contributed by atoms with Crippen molar-refractivity contribution in [1.82, 2.24) is 9.13 Å². The van der Waals surface area contributed by atoms with Crippen molar-refractivity contribution >= 4 is 130 Å². The average molecular weight is 809 g/mol. The van der Waals surface area contributed by atoms with E-state index >= 15 is 0 Å². The van der Waals surface area contributed by atoms with Crippen molar-refractivity contribution in [1.29, 1.82) is 0 Å². The summed E-state index contributed by atoms with van der Waals surface area (Å²) in [6, 6.07) is 81.4. The minimum absolute atomic E-state index is 1.14. The molecule has 0 radical (unpaired) electrons. The van der Waals surface area contributed by atoms with Gasteiger partial charge in [-0.25, -0.2) is 0 Å². The van der Waals surface area contributed by atoms with Crippen LogP contribution in [0.1, 0.15) is 0 Å². The monoisotopic (exact) mass is 808 g/mol. The zero-order valence-corrected chi connectivity index (χ0v) is 34.7. The summed E-state index contributed by atoms with van der Waals surface area (Å²) >= 11 is 0. The Morgan fingerprint density at radius 1 is 0.156 bits per heavy atom. The third-order valence-corrected chi connectivity index (χ3v) is 14.4. The third kappa shape index (κ3) is 4.29. The molecule has 0 saturated carbocycles. The molecule has 64 heavy (non-hydrogen) atoms. The van der Waals surface area contributed by atoms with Crippen LogP contribution in [0.5, 0.6) is 0 Å². The van der Waals surface area contributed by atoms with E-state index in [0.717, 1.165) is 11.4 Å². The predicted molar refractivity (Wildman–Crippen MR) is 275 cm³/mol. The Kier molecular flexibility index (Phi) is 6.71. The molecule has 0 bridgehead atoms. The lowest BCUT2D eigenvalue weighted by atomic mass is 9.93. The van der Waals surface area contributed by atoms with Gasteiger partial charge in [-0.05, 0) is 88.9 Å². The SMILES string of the molecule is c1ccc2c(c1)c1ccccc1c1c2c2c3ccccc3c3ccccc3c2n1-c1ccc(-n2c3c4ccccc4c4ccccc4c3c3c4ccccc4c4ccccc4c32)cc1. The number of rotatable bonds is 2. The molecule has 0 aliphatic heterocycles. The average Bonchev–Trinajstić information content (AvgIpc) is 3.93. The maximum atomic E-state index is 2.58. The van der Waals surface area contributed by atoms with E-state index in [1.165, 1.54) is 130 Å². The summed E-state index contributed by atoms with van der Waals surface area (Å²) in [7, 11) is 0. The fraction of sp³-hybridized carbons (Fsp3) is 0. The minimum Gasteiger partial charge on any atom is -0.308 e. The van der Waals surface area contributed by atoms with Crippen molar-refractivity contribution in [3.63, 3.8) is 0 Å². The Labute approximate surface area is 367 Å². The van der Waals surface area contributed by atoms with Crippen molar-refractivity contribution in [3.8, 4) is 11.4 Å². The third-order valence-electron chi connectivity index (χ3n) is 14.4. The largest absolute Gasteiger partial charge is 0.308 e. The molecule has 0 aliphatic rings. The lowest BCUT2D eigenvalue weighted by Crippen LogP contribution is -1.99. The van der Waals surface area contributed by atoms with Gasteiger partial charge in [-0.3, -0.25) is 0 Å². The summed E-state index contributed by atoms with van der Waals surface area (Å²) in [5, 5.41) is 25.5. The van der Waals surface area contributed by atoms with Crippen LogP contribution in [0.2, 0.25) is 0 Å². The van der Waals surface area contributed by atoms with E-state index in [9.17, 15) is 0 Å². The summed E-state index contributed by atoms with van der Waals surface area (Å²) in [6.45, 7) is 0. The van der Waals surface area contributed by atoms with Crippen LogP contribution in [-0.2, 0) is 0 Å². The highest BCUT2D eigenvalue weighted by Crippen LogP contribution is 2.50. The lowest BCUT2D eigenvalue weighted by Gasteiger charge is -2.16. The van der Waals surface area contributed by atoms with Gasteiger partial charge in [0.1, 0.15) is 0 Å². The first-order valence-corrected chi connectivity index (χ1v) is 22.3. The quantitative estimate of drug-likeness (QED) is 0.154. The molecule has 2 heterocycles. The van der Waals surface area contributed by atoms with E-state index in [2.05, 4.69) is 228 Å². The first kappa shape index (κ1) is 34.2. The number of benzene rings is 13. The molecule has 13 aromatic carbocycles. The molecule has 0 spiro atoms. The van der Waals surface area contributed by atoms with E-state index in [4.69, 9.17) is 0 Å². The molecule has 0 N–H and O–H groups in total. The predicted octanol–water partition coefficient (Wildman–Crippen LogP) is 17.1.